The molecule has 0 heterocycles. The van der Waals surface area contributed by atoms with Gasteiger partial charge in [0.1, 0.15) is 5.56 Å². The molecule has 0 aliphatic rings. The fourth-order valence-electron chi connectivity index (χ4n) is 1.21. The predicted octanol–water partition coefficient (Wildman–Crippen LogP) is 1.47. The van der Waals surface area contributed by atoms with Crippen LogP contribution in [0.2, 0.25) is 0 Å². The average Bonchev–Trinajstić information content (AvgIpc) is 2.28. The molecule has 0 aromatic heterocycles. The lowest BCUT2D eigenvalue weighted by Crippen LogP contribution is -2.08. The van der Waals surface area contributed by atoms with Crippen molar-refractivity contribution >= 4 is 17.6 Å². The van der Waals surface area contributed by atoms with Crippen LogP contribution < -0.4 is 0 Å². The lowest BCUT2D eigenvalue weighted by molar-refractivity contribution is -0.385. The summed E-state index contributed by atoms with van der Waals surface area (Å²) < 4.78 is 4.66. The standard InChI is InChI=1S/C10H9NO6/c1-2-17-10(14)6-3-4-8(11(15)16)7(5-6)9(12)13/h3-5H,2H2,1H3,(H,12,13). The third kappa shape index (κ3) is 2.77. The van der Waals surface area contributed by atoms with Gasteiger partial charge in [-0.1, -0.05) is 0 Å². The highest BCUT2D eigenvalue weighted by Crippen LogP contribution is 2.20. The Hall–Kier alpha value is -2.44. The fourth-order valence-corrected chi connectivity index (χ4v) is 1.21. The molecule has 1 N–H and O–H groups in total. The van der Waals surface area contributed by atoms with E-state index in [4.69, 9.17) is 5.11 Å². The lowest BCUT2D eigenvalue weighted by Gasteiger charge is -2.03. The van der Waals surface area contributed by atoms with Gasteiger partial charge in [-0.25, -0.2) is 9.59 Å². The minimum absolute atomic E-state index is 0.0325. The van der Waals surface area contributed by atoms with E-state index in [0.29, 0.717) is 0 Å². The normalized spacial score (nSPS) is 9.71. The molecule has 90 valence electrons. The van der Waals surface area contributed by atoms with Gasteiger partial charge in [-0.15, -0.1) is 0 Å². The maximum Gasteiger partial charge on any atom is 0.342 e. The zero-order chi connectivity index (χ0) is 13.0. The quantitative estimate of drug-likeness (QED) is 0.484. The molecule has 17 heavy (non-hydrogen) atoms. The third-order valence-corrected chi connectivity index (χ3v) is 1.93. The molecule has 0 atom stereocenters. The van der Waals surface area contributed by atoms with Crippen LogP contribution in [0.15, 0.2) is 18.2 Å². The zero-order valence-electron chi connectivity index (χ0n) is 8.87. The average molecular weight is 239 g/mol. The van der Waals surface area contributed by atoms with Crippen LogP contribution in [-0.2, 0) is 4.74 Å². The van der Waals surface area contributed by atoms with E-state index in [-0.39, 0.29) is 12.2 Å². The Bertz CT molecular complexity index is 482. The van der Waals surface area contributed by atoms with Gasteiger partial charge >= 0.3 is 11.9 Å². The molecule has 0 bridgehead atoms. The first-order chi connectivity index (χ1) is 7.97. The number of carboxylic acids is 1. The van der Waals surface area contributed by atoms with Gasteiger partial charge in [0, 0.05) is 6.07 Å². The summed E-state index contributed by atoms with van der Waals surface area (Å²) in [4.78, 5) is 31.9. The summed E-state index contributed by atoms with van der Waals surface area (Å²) in [6, 6.07) is 3.05. The predicted molar refractivity (Wildman–Crippen MR) is 56.0 cm³/mol. The highest BCUT2D eigenvalue weighted by atomic mass is 16.6. The lowest BCUT2D eigenvalue weighted by atomic mass is 10.1. The van der Waals surface area contributed by atoms with Crippen LogP contribution in [0, 0.1) is 10.1 Å². The van der Waals surface area contributed by atoms with Gasteiger partial charge in [-0.05, 0) is 19.1 Å². The van der Waals surface area contributed by atoms with Crippen molar-refractivity contribution in [1.29, 1.82) is 0 Å². The van der Waals surface area contributed by atoms with Gasteiger partial charge in [-0.3, -0.25) is 10.1 Å². The SMILES string of the molecule is CCOC(=O)c1ccc([N+](=O)[O-])c(C(=O)O)c1. The summed E-state index contributed by atoms with van der Waals surface area (Å²) in [6.45, 7) is 1.74. The Morgan fingerprint density at radius 1 is 1.47 bits per heavy atom. The van der Waals surface area contributed by atoms with E-state index in [1.165, 1.54) is 0 Å². The smallest absolute Gasteiger partial charge is 0.342 e. The second kappa shape index (κ2) is 5.06. The molecule has 0 saturated heterocycles. The van der Waals surface area contributed by atoms with E-state index < -0.39 is 28.1 Å². The van der Waals surface area contributed by atoms with Crippen molar-refractivity contribution in [3.05, 3.63) is 39.4 Å². The summed E-state index contributed by atoms with van der Waals surface area (Å²) in [5.74, 6) is -2.19. The number of carbonyl (C=O) groups excluding carboxylic acids is 1. The van der Waals surface area contributed by atoms with Gasteiger partial charge in [0.05, 0.1) is 17.1 Å². The summed E-state index contributed by atoms with van der Waals surface area (Å²) in [5.41, 5.74) is -1.14. The van der Waals surface area contributed by atoms with Crippen LogP contribution >= 0.6 is 0 Å². The number of hydrogen-bond acceptors (Lipinski definition) is 5. The van der Waals surface area contributed by atoms with Crippen molar-refractivity contribution in [2.75, 3.05) is 6.61 Å². The first kappa shape index (κ1) is 12.6. The number of hydrogen-bond donors (Lipinski definition) is 1. The maximum atomic E-state index is 11.3. The highest BCUT2D eigenvalue weighted by Gasteiger charge is 2.22. The van der Waals surface area contributed by atoms with Crippen LogP contribution in [0.3, 0.4) is 0 Å². The number of nitro groups is 1. The molecule has 0 aliphatic carbocycles. The monoisotopic (exact) mass is 239 g/mol. The van der Waals surface area contributed by atoms with E-state index in [0.717, 1.165) is 18.2 Å². The number of nitrogens with zero attached hydrogens (tertiary/aromatic N) is 1. The Labute approximate surface area is 95.8 Å². The summed E-state index contributed by atoms with van der Waals surface area (Å²) in [6.07, 6.45) is 0. The number of ether oxygens (including phenoxy) is 1. The maximum absolute atomic E-state index is 11.3. The van der Waals surface area contributed by atoms with E-state index in [1.54, 1.807) is 6.92 Å². The molecule has 1 rings (SSSR count). The number of rotatable bonds is 4. The minimum atomic E-state index is -1.47. The molecule has 0 amide bonds. The Balaban J connectivity index is 3.23. The molecule has 0 spiro atoms. The number of esters is 1. The van der Waals surface area contributed by atoms with Crippen LogP contribution in [0.1, 0.15) is 27.6 Å². The molecular formula is C10H9NO6. The van der Waals surface area contributed by atoms with E-state index in [1.807, 2.05) is 0 Å². The van der Waals surface area contributed by atoms with Gasteiger partial charge in [0.25, 0.3) is 5.69 Å². The van der Waals surface area contributed by atoms with Gasteiger partial charge in [0.15, 0.2) is 0 Å². The molecule has 0 fully saturated rings. The van der Waals surface area contributed by atoms with Crippen molar-refractivity contribution in [2.45, 2.75) is 6.92 Å². The number of nitro benzene ring substituents is 1. The molecular weight excluding hydrogens is 230 g/mol. The zero-order valence-corrected chi connectivity index (χ0v) is 8.87. The number of carbonyl (C=O) groups is 2. The summed E-state index contributed by atoms with van der Waals surface area (Å²) >= 11 is 0. The molecule has 7 nitrogen and oxygen atoms in total. The first-order valence-corrected chi connectivity index (χ1v) is 4.66. The second-order valence-electron chi connectivity index (χ2n) is 3.01. The first-order valence-electron chi connectivity index (χ1n) is 4.66. The van der Waals surface area contributed by atoms with E-state index >= 15 is 0 Å². The summed E-state index contributed by atoms with van der Waals surface area (Å²) in [5, 5.41) is 19.4. The molecule has 1 aromatic carbocycles. The van der Waals surface area contributed by atoms with Crippen molar-refractivity contribution < 1.29 is 24.4 Å². The molecule has 1 aromatic rings. The molecule has 0 aliphatic heterocycles. The Morgan fingerprint density at radius 2 is 2.12 bits per heavy atom. The fraction of sp³-hybridized carbons (Fsp3) is 0.200. The summed E-state index contributed by atoms with van der Waals surface area (Å²) in [7, 11) is 0. The van der Waals surface area contributed by atoms with Crippen molar-refractivity contribution in [3.8, 4) is 0 Å². The Kier molecular flexibility index (Phi) is 3.76. The number of benzene rings is 1. The van der Waals surface area contributed by atoms with Crippen molar-refractivity contribution in [3.63, 3.8) is 0 Å². The molecule has 7 heteroatoms. The van der Waals surface area contributed by atoms with Gasteiger partial charge in [-0.2, -0.15) is 0 Å². The molecule has 0 unspecified atom stereocenters. The largest absolute Gasteiger partial charge is 0.477 e. The molecule has 0 radical (unpaired) electrons. The van der Waals surface area contributed by atoms with Crippen LogP contribution in [-0.4, -0.2) is 28.6 Å². The topological polar surface area (TPSA) is 107 Å². The Morgan fingerprint density at radius 3 is 2.59 bits per heavy atom. The molecule has 0 saturated carbocycles. The number of carboxylic acid groups (broad SMARTS) is 1. The highest BCUT2D eigenvalue weighted by molar-refractivity contribution is 5.97. The van der Waals surface area contributed by atoms with Gasteiger partial charge < -0.3 is 9.84 Å². The van der Waals surface area contributed by atoms with Crippen molar-refractivity contribution in [2.24, 2.45) is 0 Å². The van der Waals surface area contributed by atoms with Crippen LogP contribution in [0.5, 0.6) is 0 Å². The number of aromatic carboxylic acids is 1. The minimum Gasteiger partial charge on any atom is -0.477 e. The van der Waals surface area contributed by atoms with Crippen LogP contribution in [0.25, 0.3) is 0 Å². The van der Waals surface area contributed by atoms with Crippen molar-refractivity contribution in [1.82, 2.24) is 0 Å². The van der Waals surface area contributed by atoms with E-state index in [2.05, 4.69) is 4.74 Å². The van der Waals surface area contributed by atoms with E-state index in [9.17, 15) is 19.7 Å². The van der Waals surface area contributed by atoms with Crippen LogP contribution in [0.4, 0.5) is 5.69 Å². The third-order valence-electron chi connectivity index (χ3n) is 1.93. The van der Waals surface area contributed by atoms with Gasteiger partial charge in [0.2, 0.25) is 0 Å². The second-order valence-corrected chi connectivity index (χ2v) is 3.01.